The monoisotopic (exact) mass is 1620 g/mol. The van der Waals surface area contributed by atoms with Crippen LogP contribution in [0.25, 0.3) is 10.8 Å². The summed E-state index contributed by atoms with van der Waals surface area (Å²) in [5.74, 6) is -14.8. The fraction of sp³-hybridized carbons (Fsp3) is 0.434. The topological polar surface area (TPSA) is 630 Å². The van der Waals surface area contributed by atoms with Gasteiger partial charge in [0.25, 0.3) is 0 Å². The summed E-state index contributed by atoms with van der Waals surface area (Å²) in [7, 11) is 0. The predicted octanol–water partition coefficient (Wildman–Crippen LogP) is -1.96. The van der Waals surface area contributed by atoms with Crippen molar-refractivity contribution in [1.82, 2.24) is 63.1 Å². The second-order valence-corrected chi connectivity index (χ2v) is 28.3. The number of aromatic hydroxyl groups is 1. The molecule has 2 heterocycles. The van der Waals surface area contributed by atoms with E-state index >= 15 is 0 Å². The molecule has 13 amide bonds. The third-order valence-electron chi connectivity index (χ3n) is 18.0. The van der Waals surface area contributed by atoms with Gasteiger partial charge in [-0.15, -0.1) is 0 Å². The highest BCUT2D eigenvalue weighted by Gasteiger charge is 2.42. The van der Waals surface area contributed by atoms with Crippen molar-refractivity contribution in [2.75, 3.05) is 26.2 Å². The molecule has 39 heteroatoms. The number of urea groups is 1. The molecule has 1 aromatic heterocycles. The van der Waals surface area contributed by atoms with E-state index in [1.54, 1.807) is 50.2 Å². The van der Waals surface area contributed by atoms with Crippen molar-refractivity contribution < 1.29 is 103 Å². The molecule has 6 rings (SSSR count). The number of aliphatic hydroxyl groups excluding tert-OH is 1. The van der Waals surface area contributed by atoms with Crippen molar-refractivity contribution in [2.24, 2.45) is 33.8 Å². The number of amides is 13. The zero-order valence-electron chi connectivity index (χ0n) is 63.7. The number of benzene rings is 4. The van der Waals surface area contributed by atoms with Gasteiger partial charge in [0.1, 0.15) is 66.2 Å². The van der Waals surface area contributed by atoms with E-state index in [0.29, 0.717) is 33.7 Å². The van der Waals surface area contributed by atoms with Gasteiger partial charge in [0.05, 0.1) is 19.4 Å². The van der Waals surface area contributed by atoms with Gasteiger partial charge in [-0.25, -0.2) is 9.59 Å². The molecule has 0 unspecified atom stereocenters. The number of phenolic OH excluding ortho intramolecular Hbond substituents is 1. The van der Waals surface area contributed by atoms with Crippen LogP contribution in [0, 0.1) is 5.92 Å². The van der Waals surface area contributed by atoms with Crippen molar-refractivity contribution in [3.05, 3.63) is 143 Å². The van der Waals surface area contributed by atoms with Crippen LogP contribution in [0.4, 0.5) is 4.79 Å². The maximum Gasteiger partial charge on any atom is 0.336 e. The molecule has 10 atom stereocenters. The van der Waals surface area contributed by atoms with Gasteiger partial charge in [-0.1, -0.05) is 98.2 Å². The number of fused-ring (bicyclic) bond motifs is 1. The Morgan fingerprint density at radius 2 is 1.04 bits per heavy atom. The minimum absolute atomic E-state index is 0.000209. The van der Waals surface area contributed by atoms with E-state index in [1.807, 2.05) is 42.5 Å². The summed E-state index contributed by atoms with van der Waals surface area (Å²) >= 11 is 6.23. The van der Waals surface area contributed by atoms with Crippen LogP contribution >= 0.6 is 11.6 Å². The van der Waals surface area contributed by atoms with Crippen molar-refractivity contribution in [3.63, 3.8) is 0 Å². The first-order valence-corrected chi connectivity index (χ1v) is 37.0. The Morgan fingerprint density at radius 1 is 0.565 bits per heavy atom. The average molecular weight is 1620 g/mol. The summed E-state index contributed by atoms with van der Waals surface area (Å²) in [6.07, 6.45) is 0.413. The van der Waals surface area contributed by atoms with Crippen molar-refractivity contribution in [1.29, 1.82) is 0 Å². The number of phenols is 1. The largest absolute Gasteiger partial charge is 0.508 e. The molecule has 115 heavy (non-hydrogen) atoms. The highest BCUT2D eigenvalue weighted by atomic mass is 35.5. The molecule has 0 saturated carbocycles. The first-order chi connectivity index (χ1) is 54.3. The molecule has 0 spiro atoms. The van der Waals surface area contributed by atoms with Gasteiger partial charge in [0.2, 0.25) is 65.0 Å². The number of guanidine groups is 1. The first-order valence-electron chi connectivity index (χ1n) is 36.6. The Kier molecular flexibility index (Phi) is 37.1. The van der Waals surface area contributed by atoms with Crippen LogP contribution in [0.5, 0.6) is 5.75 Å². The molecule has 1 aliphatic rings. The Bertz CT molecular complexity index is 4250. The highest BCUT2D eigenvalue weighted by Crippen LogP contribution is 2.23. The summed E-state index contributed by atoms with van der Waals surface area (Å²) in [5.41, 5.74) is 21.1. The van der Waals surface area contributed by atoms with Gasteiger partial charge >= 0.3 is 23.9 Å². The van der Waals surface area contributed by atoms with E-state index < -0.39 is 174 Å². The lowest BCUT2D eigenvalue weighted by molar-refractivity contribution is -0.170. The SMILES string of the molecule is CC(=O)N[C@H](Cc1ccc2ccccc2c1)C(=O)N[C@H](Cc1ccc(Cl)cc1)C(=O)N[C@H](Cc1cccnc1)C(=O)N[C@@H](CO)C(=O)N[C@@H](Cc1ccc(O)cc1)C(=O)N[C@H](CCCNC(N)=O)C(=O)N[C@@H](CC(C)C)C(=O)N[C@@H](CCCN=C(N)N)C(=O)N1CCC[C@H]1C(=O)N[C@H](C)C(N)=O.O=C(O)CC(O)(CC(=O)O)C(=O)O. The van der Waals surface area contributed by atoms with Crippen LogP contribution in [0.2, 0.25) is 5.02 Å². The smallest absolute Gasteiger partial charge is 0.336 e. The highest BCUT2D eigenvalue weighted by molar-refractivity contribution is 6.30. The number of pyridine rings is 1. The number of carboxylic acids is 3. The number of aromatic nitrogens is 1. The number of carbonyl (C=O) groups is 15. The van der Waals surface area contributed by atoms with Gasteiger partial charge in [0, 0.05) is 69.7 Å². The summed E-state index contributed by atoms with van der Waals surface area (Å²) in [6.45, 7) is 5.15. The minimum Gasteiger partial charge on any atom is -0.508 e. The molecule has 4 aromatic carbocycles. The number of aliphatic hydroxyl groups is 2. The standard InChI is InChI=1S/C70H92ClN17O14.C6H8O7/c1-39(2)31-52(61(94)82-51(15-9-28-77-69(73)74)68(101)88-30-10-16-58(88)67(100)79-40(3)59(72)92)83-60(93)50(14-8-29-78-70(75)102)81-63(96)54(34-43-20-25-49(91)26-21-43)86-66(99)57(38-89)87-65(98)56(36-45-11-7-27-76-37-45)85-64(97)55(33-42-18-23-48(71)24-19-42)84-62(95)53(80-41(4)90)35-44-17-22-46-12-5-6-13-47(46)32-44;7-3(8)1-6(13,5(11)12)2-4(9)10/h5-7,11-13,17-27,32,37,39-40,50-58,89,91H,8-10,14-16,28-31,33-36,38H2,1-4H3,(H2,72,92)(H,79,100)(H,80,90)(H,81,96)(H,82,94)(H,83,93)(H,84,95)(H,85,97)(H,86,99)(H,87,98)(H4,73,74,77)(H3,75,78,102);13H,1-2H2,(H,7,8)(H,9,10)(H,11,12)/t40-,50-,51+,52+,53-,54+,55-,56-,57+,58+;/m1./s1. The number of nitrogens with two attached hydrogens (primary N) is 4. The lowest BCUT2D eigenvalue weighted by Crippen LogP contribution is -2.61. The quantitative estimate of drug-likeness (QED) is 0.0114. The van der Waals surface area contributed by atoms with Gasteiger partial charge in [-0.3, -0.25) is 72.3 Å². The number of hydrogen-bond donors (Lipinski definition) is 20. The maximum atomic E-state index is 14.9. The molecule has 38 nitrogen and oxygen atoms in total. The predicted molar refractivity (Wildman–Crippen MR) is 416 cm³/mol. The number of rotatable bonds is 43. The van der Waals surface area contributed by atoms with E-state index in [4.69, 9.17) is 55.0 Å². The number of nitrogens with zero attached hydrogens (tertiary/aromatic N) is 3. The molecule has 1 saturated heterocycles. The number of primary amides is 2. The van der Waals surface area contributed by atoms with Crippen LogP contribution in [0.15, 0.2) is 121 Å². The first kappa shape index (κ1) is 93.0. The van der Waals surface area contributed by atoms with Crippen LogP contribution in [-0.2, 0) is 92.8 Å². The number of carboxylic acid groups (broad SMARTS) is 3. The van der Waals surface area contributed by atoms with Gasteiger partial charge in [-0.05, 0) is 121 Å². The Labute approximate surface area is 665 Å². The van der Waals surface area contributed by atoms with Crippen LogP contribution in [0.3, 0.4) is 0 Å². The van der Waals surface area contributed by atoms with E-state index in [2.05, 4.69) is 63.1 Å². The molecule has 622 valence electrons. The van der Waals surface area contributed by atoms with Crippen molar-refractivity contribution in [3.8, 4) is 5.75 Å². The third-order valence-corrected chi connectivity index (χ3v) is 18.2. The molecule has 24 N–H and O–H groups in total. The lowest BCUT2D eigenvalue weighted by Gasteiger charge is -2.31. The van der Waals surface area contributed by atoms with Crippen LogP contribution in [-0.4, -0.2) is 228 Å². The summed E-state index contributed by atoms with van der Waals surface area (Å²) in [5, 5.41) is 83.3. The Hall–Kier alpha value is -12.6. The Morgan fingerprint density at radius 3 is 1.56 bits per heavy atom. The molecule has 1 aliphatic heterocycles. The van der Waals surface area contributed by atoms with Crippen LogP contribution < -0.4 is 76.1 Å². The zero-order chi connectivity index (χ0) is 85.2. The number of likely N-dealkylation sites (tertiary alicyclic amines) is 1. The molecular formula is C76H100ClN17O21. The van der Waals surface area contributed by atoms with Gasteiger partial charge in [0.15, 0.2) is 11.6 Å². The van der Waals surface area contributed by atoms with E-state index in [0.717, 1.165) is 10.8 Å². The number of nitrogens with one attached hydrogen (secondary N) is 10. The lowest BCUT2D eigenvalue weighted by atomic mass is 9.96. The number of hydrogen-bond acceptors (Lipinski definition) is 20. The molecule has 0 aliphatic carbocycles. The number of aliphatic imine (C=N–C) groups is 1. The number of aliphatic carboxylic acids is 3. The molecule has 5 aromatic rings. The number of halogens is 1. The van der Waals surface area contributed by atoms with Crippen LogP contribution in [0.1, 0.15) is 108 Å². The Balaban J connectivity index is 0.00000166. The van der Waals surface area contributed by atoms with E-state index in [9.17, 15) is 82.1 Å². The second-order valence-electron chi connectivity index (χ2n) is 27.8. The minimum atomic E-state index is -2.74. The summed E-state index contributed by atoms with van der Waals surface area (Å²) in [4.78, 5) is 207. The molecule has 1 fully saturated rings. The van der Waals surface area contributed by atoms with E-state index in [-0.39, 0.29) is 101 Å². The maximum absolute atomic E-state index is 14.9. The summed E-state index contributed by atoms with van der Waals surface area (Å²) < 4.78 is 0. The molecule has 0 bridgehead atoms. The number of carbonyl (C=O) groups excluding carboxylic acids is 12. The third kappa shape index (κ3) is 31.8. The normalized spacial score (nSPS) is 14.7. The fourth-order valence-corrected chi connectivity index (χ4v) is 12.2. The summed E-state index contributed by atoms with van der Waals surface area (Å²) in [6, 6.07) is 13.5. The van der Waals surface area contributed by atoms with E-state index in [1.165, 1.54) is 55.4 Å². The van der Waals surface area contributed by atoms with Crippen molar-refractivity contribution in [2.45, 2.75) is 177 Å². The average Bonchev–Trinajstić information content (AvgIpc) is 1.80. The fourth-order valence-electron chi connectivity index (χ4n) is 12.1. The zero-order valence-corrected chi connectivity index (χ0v) is 64.4. The van der Waals surface area contributed by atoms with Gasteiger partial charge in [-0.2, -0.15) is 0 Å². The van der Waals surface area contributed by atoms with Gasteiger partial charge < -0.3 is 112 Å². The van der Waals surface area contributed by atoms with Crippen molar-refractivity contribution >= 4 is 117 Å². The molecule has 0 radical (unpaired) electrons. The second kappa shape index (κ2) is 45.8. The molecular weight excluding hydrogens is 1520 g/mol.